The fraction of sp³-hybridized carbons (Fsp3) is 0. The summed E-state index contributed by atoms with van der Waals surface area (Å²) in [7, 11) is 0. The largest absolute Gasteiger partial charge is 0.308 e. The number of rotatable bonds is 5. The normalized spacial score (nSPS) is 11.9. The summed E-state index contributed by atoms with van der Waals surface area (Å²) in [4.78, 5) is 9.88. The SMILES string of the molecule is [C-]#[N+]c1cc(-n2c3ccccc3c3ccccc32)c(-n2c3ccccc3c3ccccc32)cc1-c1cnc(-n2c3ccccc3c3ccccc32)c(-n2c3ccccc3c3ccccc32)c1. The first-order valence-electron chi connectivity index (χ1n) is 22.3. The molecule has 0 spiro atoms. The van der Waals surface area contributed by atoms with Crippen LogP contribution in [0.1, 0.15) is 0 Å². The maximum absolute atomic E-state index is 8.91. The molecule has 0 aliphatic carbocycles. The monoisotopic (exact) mass is 840 g/mol. The first-order valence-corrected chi connectivity index (χ1v) is 22.3. The van der Waals surface area contributed by atoms with E-state index in [2.05, 4.69) is 235 Å². The molecule has 0 bridgehead atoms. The Morgan fingerprint density at radius 1 is 0.318 bits per heavy atom. The Hall–Kier alpha value is -9.18. The van der Waals surface area contributed by atoms with Crippen LogP contribution in [0.2, 0.25) is 0 Å². The highest BCUT2D eigenvalue weighted by molar-refractivity contribution is 6.14. The molecule has 14 rings (SSSR count). The van der Waals surface area contributed by atoms with Gasteiger partial charge in [0.25, 0.3) is 0 Å². The average molecular weight is 841 g/mol. The predicted octanol–water partition coefficient (Wildman–Crippen LogP) is 15.7. The summed E-state index contributed by atoms with van der Waals surface area (Å²) >= 11 is 0. The van der Waals surface area contributed by atoms with Crippen LogP contribution in [0, 0.1) is 6.57 Å². The summed E-state index contributed by atoms with van der Waals surface area (Å²) in [6, 6.07) is 75.4. The van der Waals surface area contributed by atoms with E-state index in [1.807, 2.05) is 6.20 Å². The molecule has 0 saturated carbocycles. The van der Waals surface area contributed by atoms with Crippen molar-refractivity contribution < 1.29 is 0 Å². The number of aromatic nitrogens is 5. The van der Waals surface area contributed by atoms with Gasteiger partial charge in [-0.25, -0.2) is 9.83 Å². The fourth-order valence-electron chi connectivity index (χ4n) is 10.9. The lowest BCUT2D eigenvalue weighted by atomic mass is 10.0. The second-order valence-electron chi connectivity index (χ2n) is 17.0. The van der Waals surface area contributed by atoms with Crippen LogP contribution in [-0.2, 0) is 0 Å². The van der Waals surface area contributed by atoms with Gasteiger partial charge in [0.05, 0.1) is 67.8 Å². The van der Waals surface area contributed by atoms with Gasteiger partial charge in [-0.15, -0.1) is 0 Å². The molecule has 6 heteroatoms. The van der Waals surface area contributed by atoms with Gasteiger partial charge in [0.15, 0.2) is 11.5 Å². The van der Waals surface area contributed by atoms with Gasteiger partial charge >= 0.3 is 0 Å². The molecule has 66 heavy (non-hydrogen) atoms. The molecule has 306 valence electrons. The van der Waals surface area contributed by atoms with Gasteiger partial charge in [-0.1, -0.05) is 146 Å². The molecule has 0 fully saturated rings. The molecule has 0 aliphatic rings. The summed E-state index contributed by atoms with van der Waals surface area (Å²) < 4.78 is 9.39. The molecule has 6 nitrogen and oxygen atoms in total. The third-order valence-corrected chi connectivity index (χ3v) is 13.6. The van der Waals surface area contributed by atoms with E-state index in [1.54, 1.807) is 0 Å². The Morgan fingerprint density at radius 2 is 0.606 bits per heavy atom. The second kappa shape index (κ2) is 13.9. The maximum atomic E-state index is 8.91. The Morgan fingerprint density at radius 3 is 0.939 bits per heavy atom. The van der Waals surface area contributed by atoms with Gasteiger partial charge in [0.2, 0.25) is 0 Å². The first kappa shape index (κ1) is 36.3. The Bertz CT molecular complexity index is 4160. The van der Waals surface area contributed by atoms with E-state index in [-0.39, 0.29) is 0 Å². The van der Waals surface area contributed by atoms with Crippen LogP contribution in [0.4, 0.5) is 5.69 Å². The summed E-state index contributed by atoms with van der Waals surface area (Å²) in [5, 5.41) is 9.32. The molecule has 9 aromatic carbocycles. The molecule has 0 saturated heterocycles. The zero-order chi connectivity index (χ0) is 43.5. The Kier molecular flexibility index (Phi) is 7.65. The van der Waals surface area contributed by atoms with Crippen LogP contribution in [0.25, 0.3) is 126 Å². The van der Waals surface area contributed by atoms with E-state index < -0.39 is 0 Å². The highest BCUT2D eigenvalue weighted by atomic mass is 15.1. The van der Waals surface area contributed by atoms with Crippen LogP contribution in [0.15, 0.2) is 219 Å². The number of hydrogen-bond acceptors (Lipinski definition) is 1. The first-order chi connectivity index (χ1) is 32.7. The molecule has 0 atom stereocenters. The number of pyridine rings is 1. The standard InChI is InChI=1S/C60H36N6/c1-61-48-36-58(64-51-28-12-4-20-41(51)42-21-5-13-29-52(42)64)57(63-49-26-10-2-18-39(49)40-19-3-11-27-50(40)63)35-47(48)38-34-59(65-53-30-14-6-22-43(53)44-23-7-15-31-54(44)65)60(62-37-38)66-55-32-16-8-24-45(55)46-25-9-17-33-56(46)66/h2-37H. The molecule has 0 radical (unpaired) electrons. The molecular weight excluding hydrogens is 805 g/mol. The van der Waals surface area contributed by atoms with Gasteiger partial charge < -0.3 is 13.7 Å². The van der Waals surface area contributed by atoms with Crippen LogP contribution in [-0.4, -0.2) is 23.3 Å². The van der Waals surface area contributed by atoms with Gasteiger partial charge in [0.1, 0.15) is 0 Å². The summed E-state index contributed by atoms with van der Waals surface area (Å²) in [6.07, 6.45) is 1.97. The summed E-state index contributed by atoms with van der Waals surface area (Å²) in [6.45, 7) is 8.91. The fourth-order valence-corrected chi connectivity index (χ4v) is 10.9. The number of para-hydroxylation sites is 8. The highest BCUT2D eigenvalue weighted by Crippen LogP contribution is 2.45. The molecule has 5 aromatic heterocycles. The van der Waals surface area contributed by atoms with Crippen molar-refractivity contribution in [3.8, 4) is 34.0 Å². The molecule has 5 heterocycles. The molecule has 14 aromatic rings. The molecule has 0 aliphatic heterocycles. The van der Waals surface area contributed by atoms with Crippen LogP contribution < -0.4 is 0 Å². The van der Waals surface area contributed by atoms with E-state index in [0.29, 0.717) is 5.69 Å². The van der Waals surface area contributed by atoms with E-state index in [9.17, 15) is 0 Å². The number of hydrogen-bond donors (Lipinski definition) is 0. The second-order valence-corrected chi connectivity index (χ2v) is 17.0. The molecule has 0 N–H and O–H groups in total. The van der Waals surface area contributed by atoms with Crippen molar-refractivity contribution in [3.63, 3.8) is 0 Å². The molecular formula is C60H36N6. The Labute approximate surface area is 378 Å². The number of benzene rings is 9. The van der Waals surface area contributed by atoms with Crippen molar-refractivity contribution in [3.05, 3.63) is 230 Å². The molecule has 0 unspecified atom stereocenters. The van der Waals surface area contributed by atoms with Crippen molar-refractivity contribution >= 4 is 92.9 Å². The van der Waals surface area contributed by atoms with Gasteiger partial charge in [0, 0.05) is 49.3 Å². The van der Waals surface area contributed by atoms with Crippen molar-refractivity contribution in [2.75, 3.05) is 0 Å². The number of fused-ring (bicyclic) bond motifs is 12. The zero-order valence-electron chi connectivity index (χ0n) is 35.5. The minimum absolute atomic E-state index is 0.538. The number of nitrogens with zero attached hydrogens (tertiary/aromatic N) is 6. The van der Waals surface area contributed by atoms with E-state index in [4.69, 9.17) is 11.6 Å². The van der Waals surface area contributed by atoms with Crippen molar-refractivity contribution in [1.82, 2.24) is 23.3 Å². The van der Waals surface area contributed by atoms with E-state index in [0.717, 1.165) is 99.7 Å². The van der Waals surface area contributed by atoms with Crippen LogP contribution >= 0.6 is 0 Å². The minimum atomic E-state index is 0.538. The third-order valence-electron chi connectivity index (χ3n) is 13.6. The highest BCUT2D eigenvalue weighted by Gasteiger charge is 2.25. The van der Waals surface area contributed by atoms with E-state index >= 15 is 0 Å². The maximum Gasteiger partial charge on any atom is 0.197 e. The van der Waals surface area contributed by atoms with Crippen molar-refractivity contribution in [2.24, 2.45) is 0 Å². The predicted molar refractivity (Wildman–Crippen MR) is 273 cm³/mol. The topological polar surface area (TPSA) is 37.0 Å². The smallest absolute Gasteiger partial charge is 0.197 e. The van der Waals surface area contributed by atoms with Gasteiger partial charge in [-0.2, -0.15) is 0 Å². The molecule has 0 amide bonds. The van der Waals surface area contributed by atoms with Gasteiger partial charge in [-0.3, -0.25) is 4.57 Å². The third kappa shape index (κ3) is 5.02. The van der Waals surface area contributed by atoms with Crippen molar-refractivity contribution in [2.45, 2.75) is 0 Å². The minimum Gasteiger partial charge on any atom is -0.308 e. The lowest BCUT2D eigenvalue weighted by molar-refractivity contribution is 1.03. The summed E-state index contributed by atoms with van der Waals surface area (Å²) in [5.41, 5.74) is 13.6. The quantitative estimate of drug-likeness (QED) is 0.159. The summed E-state index contributed by atoms with van der Waals surface area (Å²) in [5.74, 6) is 0.802. The lowest BCUT2D eigenvalue weighted by Gasteiger charge is -2.21. The Balaban J connectivity index is 1.13. The lowest BCUT2D eigenvalue weighted by Crippen LogP contribution is -2.07. The zero-order valence-corrected chi connectivity index (χ0v) is 35.5. The van der Waals surface area contributed by atoms with Crippen LogP contribution in [0.3, 0.4) is 0 Å². The van der Waals surface area contributed by atoms with E-state index in [1.165, 1.54) is 21.5 Å². The average Bonchev–Trinajstić information content (AvgIpc) is 4.11. The van der Waals surface area contributed by atoms with Crippen molar-refractivity contribution in [1.29, 1.82) is 0 Å². The van der Waals surface area contributed by atoms with Gasteiger partial charge in [-0.05, 0) is 77.9 Å². The van der Waals surface area contributed by atoms with Crippen LogP contribution in [0.5, 0.6) is 0 Å².